The predicted octanol–water partition coefficient (Wildman–Crippen LogP) is 2.77. The average molecular weight is 341 g/mol. The van der Waals surface area contributed by atoms with E-state index in [2.05, 4.69) is 15.3 Å². The molecule has 0 spiro atoms. The second-order valence-corrected chi connectivity index (χ2v) is 7.19. The van der Waals surface area contributed by atoms with E-state index in [0.29, 0.717) is 17.0 Å². The molecule has 2 aromatic heterocycles. The van der Waals surface area contributed by atoms with Crippen LogP contribution in [0.5, 0.6) is 0 Å². The van der Waals surface area contributed by atoms with Crippen molar-refractivity contribution in [3.8, 4) is 6.07 Å². The Labute approximate surface area is 135 Å². The number of hydrogen-bond donors (Lipinski definition) is 1. The summed E-state index contributed by atoms with van der Waals surface area (Å²) in [6.45, 7) is 5.92. The maximum atomic E-state index is 12.6. The van der Waals surface area contributed by atoms with Gasteiger partial charge in [-0.15, -0.1) is 10.2 Å². The lowest BCUT2D eigenvalue weighted by Gasteiger charge is -2.18. The number of aromatic amines is 1. The molecule has 0 aliphatic carbocycles. The highest BCUT2D eigenvalue weighted by Crippen LogP contribution is 2.25. The van der Waals surface area contributed by atoms with E-state index in [-0.39, 0.29) is 28.9 Å². The second kappa shape index (κ2) is 6.58. The molecule has 0 radical (unpaired) electrons. The summed E-state index contributed by atoms with van der Waals surface area (Å²) in [6, 6.07) is 2.03. The number of nitrogens with one attached hydrogen (secondary N) is 1. The van der Waals surface area contributed by atoms with Crippen LogP contribution in [0.1, 0.15) is 54.9 Å². The molecule has 0 aliphatic rings. The van der Waals surface area contributed by atoms with E-state index in [0.717, 1.165) is 17.0 Å². The minimum absolute atomic E-state index is 0.0544. The van der Waals surface area contributed by atoms with Gasteiger partial charge in [0.05, 0.1) is 12.6 Å². The van der Waals surface area contributed by atoms with Gasteiger partial charge in [-0.2, -0.15) is 5.26 Å². The summed E-state index contributed by atoms with van der Waals surface area (Å²) in [5.74, 6) is 0. The molecular weight excluding hydrogens is 324 g/mol. The van der Waals surface area contributed by atoms with Crippen LogP contribution < -0.4 is 5.56 Å². The van der Waals surface area contributed by atoms with Crippen molar-refractivity contribution in [1.82, 2.24) is 20.0 Å². The van der Waals surface area contributed by atoms with Crippen molar-refractivity contribution >= 4 is 11.3 Å². The Hall–Kier alpha value is -2.08. The highest BCUT2D eigenvalue weighted by Gasteiger charge is 2.25. The third kappa shape index (κ3) is 3.82. The van der Waals surface area contributed by atoms with Gasteiger partial charge < -0.3 is 0 Å². The van der Waals surface area contributed by atoms with Crippen LogP contribution >= 0.6 is 11.3 Å². The summed E-state index contributed by atoms with van der Waals surface area (Å²) in [7, 11) is 0. The molecule has 2 heterocycles. The van der Waals surface area contributed by atoms with Crippen molar-refractivity contribution in [2.24, 2.45) is 0 Å². The quantitative estimate of drug-likeness (QED) is 0.906. The monoisotopic (exact) mass is 341 g/mol. The van der Waals surface area contributed by atoms with Crippen molar-refractivity contribution in [2.75, 3.05) is 0 Å². The van der Waals surface area contributed by atoms with Crippen LogP contribution in [0, 0.1) is 11.3 Å². The molecule has 2 aromatic rings. The first-order valence-electron chi connectivity index (χ1n) is 7.03. The van der Waals surface area contributed by atoms with Crippen molar-refractivity contribution in [3.05, 3.63) is 31.6 Å². The van der Waals surface area contributed by atoms with Gasteiger partial charge in [0.25, 0.3) is 12.0 Å². The van der Waals surface area contributed by atoms with E-state index in [1.54, 1.807) is 0 Å². The van der Waals surface area contributed by atoms with Gasteiger partial charge in [0.15, 0.2) is 5.01 Å². The standard InChI is InChI=1S/C14H17F2N5OS/c1-14(2,3)10-8(5-4-6-17)13(22)21(20-10)7-9-18-19-12(23-9)11(15)16/h11,20H,4-5,7H2,1-3H3. The molecule has 0 saturated heterocycles. The minimum Gasteiger partial charge on any atom is -0.298 e. The number of H-pyrrole nitrogens is 1. The number of halogens is 2. The molecule has 1 N–H and O–H groups in total. The largest absolute Gasteiger partial charge is 0.298 e. The molecule has 0 atom stereocenters. The van der Waals surface area contributed by atoms with Crippen LogP contribution in [0.2, 0.25) is 0 Å². The third-order valence-corrected chi connectivity index (χ3v) is 4.17. The number of alkyl halides is 2. The van der Waals surface area contributed by atoms with E-state index in [4.69, 9.17) is 5.26 Å². The van der Waals surface area contributed by atoms with Crippen LogP contribution in [0.15, 0.2) is 4.79 Å². The zero-order chi connectivity index (χ0) is 17.2. The Bertz CT molecular complexity index is 778. The van der Waals surface area contributed by atoms with Gasteiger partial charge >= 0.3 is 0 Å². The number of rotatable bonds is 5. The van der Waals surface area contributed by atoms with Crippen LogP contribution in [-0.4, -0.2) is 20.0 Å². The predicted molar refractivity (Wildman–Crippen MR) is 81.7 cm³/mol. The summed E-state index contributed by atoms with van der Waals surface area (Å²) < 4.78 is 26.5. The molecule has 0 aromatic carbocycles. The van der Waals surface area contributed by atoms with Crippen LogP contribution in [-0.2, 0) is 18.4 Å². The van der Waals surface area contributed by atoms with E-state index in [9.17, 15) is 13.6 Å². The van der Waals surface area contributed by atoms with Crippen LogP contribution in [0.4, 0.5) is 8.78 Å². The number of aromatic nitrogens is 4. The minimum atomic E-state index is -2.67. The first kappa shape index (κ1) is 17.3. The Kier molecular flexibility index (Phi) is 4.94. The fourth-order valence-electron chi connectivity index (χ4n) is 2.22. The molecule has 0 saturated carbocycles. The smallest absolute Gasteiger partial charge is 0.291 e. The number of nitrogens with zero attached hydrogens (tertiary/aromatic N) is 4. The normalized spacial score (nSPS) is 11.9. The van der Waals surface area contributed by atoms with Gasteiger partial charge in [0.2, 0.25) is 0 Å². The molecule has 23 heavy (non-hydrogen) atoms. The molecule has 124 valence electrons. The molecular formula is C14H17F2N5OS. The number of hydrogen-bond acceptors (Lipinski definition) is 5. The van der Waals surface area contributed by atoms with E-state index >= 15 is 0 Å². The first-order valence-corrected chi connectivity index (χ1v) is 7.85. The SMILES string of the molecule is CC(C)(C)c1[nH]n(Cc2nnc(C(F)F)s2)c(=O)c1CCC#N. The van der Waals surface area contributed by atoms with Crippen molar-refractivity contribution < 1.29 is 8.78 Å². The van der Waals surface area contributed by atoms with Gasteiger partial charge in [-0.05, 0) is 6.42 Å². The topological polar surface area (TPSA) is 87.4 Å². The first-order chi connectivity index (χ1) is 10.7. The second-order valence-electron chi connectivity index (χ2n) is 6.10. The van der Waals surface area contributed by atoms with Crippen molar-refractivity contribution in [2.45, 2.75) is 52.0 Å². The lowest BCUT2D eigenvalue weighted by atomic mass is 9.88. The summed E-state index contributed by atoms with van der Waals surface area (Å²) in [5.41, 5.74) is 0.748. The van der Waals surface area contributed by atoms with Gasteiger partial charge in [0.1, 0.15) is 5.01 Å². The van der Waals surface area contributed by atoms with Crippen molar-refractivity contribution in [3.63, 3.8) is 0 Å². The van der Waals surface area contributed by atoms with E-state index in [1.165, 1.54) is 4.68 Å². The molecule has 0 amide bonds. The molecule has 0 unspecified atom stereocenters. The fourth-order valence-corrected chi connectivity index (χ4v) is 2.91. The molecule has 6 nitrogen and oxygen atoms in total. The Morgan fingerprint density at radius 1 is 1.39 bits per heavy atom. The molecule has 0 fully saturated rings. The van der Waals surface area contributed by atoms with Gasteiger partial charge in [-0.1, -0.05) is 32.1 Å². The molecule has 0 bridgehead atoms. The zero-order valence-electron chi connectivity index (χ0n) is 13.1. The van der Waals surface area contributed by atoms with Crippen LogP contribution in [0.25, 0.3) is 0 Å². The lowest BCUT2D eigenvalue weighted by Crippen LogP contribution is -2.20. The summed E-state index contributed by atoms with van der Waals surface area (Å²) >= 11 is 0.781. The summed E-state index contributed by atoms with van der Waals surface area (Å²) in [6.07, 6.45) is -2.08. The van der Waals surface area contributed by atoms with Crippen molar-refractivity contribution in [1.29, 1.82) is 5.26 Å². The Balaban J connectivity index is 2.37. The third-order valence-electron chi connectivity index (χ3n) is 3.25. The highest BCUT2D eigenvalue weighted by molar-refractivity contribution is 7.11. The highest BCUT2D eigenvalue weighted by atomic mass is 32.1. The molecule has 2 rings (SSSR count). The maximum absolute atomic E-state index is 12.6. The average Bonchev–Trinajstić information content (AvgIpc) is 3.03. The fraction of sp³-hybridized carbons (Fsp3) is 0.571. The Morgan fingerprint density at radius 3 is 2.61 bits per heavy atom. The van der Waals surface area contributed by atoms with Crippen LogP contribution in [0.3, 0.4) is 0 Å². The number of nitriles is 1. The van der Waals surface area contributed by atoms with Gasteiger partial charge in [0, 0.05) is 23.1 Å². The molecule has 9 heteroatoms. The lowest BCUT2D eigenvalue weighted by molar-refractivity contribution is 0.150. The summed E-state index contributed by atoms with van der Waals surface area (Å²) in [4.78, 5) is 12.5. The van der Waals surface area contributed by atoms with E-state index in [1.807, 2.05) is 26.8 Å². The van der Waals surface area contributed by atoms with Gasteiger partial charge in [-0.25, -0.2) is 13.5 Å². The summed E-state index contributed by atoms with van der Waals surface area (Å²) in [5, 5.41) is 18.9. The Morgan fingerprint density at radius 2 is 2.09 bits per heavy atom. The van der Waals surface area contributed by atoms with E-state index < -0.39 is 6.43 Å². The molecule has 0 aliphatic heterocycles. The maximum Gasteiger partial charge on any atom is 0.291 e. The zero-order valence-corrected chi connectivity index (χ0v) is 13.9. The van der Waals surface area contributed by atoms with Gasteiger partial charge in [-0.3, -0.25) is 9.89 Å².